The molecule has 0 radical (unpaired) electrons. The van der Waals surface area contributed by atoms with E-state index in [-0.39, 0.29) is 5.78 Å². The fourth-order valence-corrected chi connectivity index (χ4v) is 2.72. The van der Waals surface area contributed by atoms with Crippen molar-refractivity contribution in [1.82, 2.24) is 0 Å². The smallest absolute Gasteiger partial charge is 0.160 e. The van der Waals surface area contributed by atoms with Crippen molar-refractivity contribution >= 4 is 27.4 Å². The molecule has 1 fully saturated rings. The van der Waals surface area contributed by atoms with Crippen molar-refractivity contribution < 1.29 is 9.53 Å². The fourth-order valence-electron chi connectivity index (χ4n) is 2.08. The van der Waals surface area contributed by atoms with Crippen molar-refractivity contribution in [2.45, 2.75) is 19.9 Å². The average molecular weight is 298 g/mol. The van der Waals surface area contributed by atoms with Crippen LogP contribution in [0, 0.1) is 0 Å². The second-order valence-corrected chi connectivity index (χ2v) is 5.19. The van der Waals surface area contributed by atoms with Gasteiger partial charge in [-0.3, -0.25) is 4.79 Å². The molecule has 3 nitrogen and oxygen atoms in total. The third-order valence-electron chi connectivity index (χ3n) is 3.03. The zero-order chi connectivity index (χ0) is 12.4. The number of ketones is 1. The second-order valence-electron chi connectivity index (χ2n) is 4.34. The van der Waals surface area contributed by atoms with Crippen LogP contribution < -0.4 is 4.90 Å². The molecule has 4 heteroatoms. The van der Waals surface area contributed by atoms with E-state index < -0.39 is 0 Å². The molecule has 1 atom stereocenters. The Labute approximate surface area is 110 Å². The molecule has 1 aliphatic heterocycles. The van der Waals surface area contributed by atoms with Crippen LogP contribution in [0.15, 0.2) is 22.7 Å². The summed E-state index contributed by atoms with van der Waals surface area (Å²) in [7, 11) is 0. The summed E-state index contributed by atoms with van der Waals surface area (Å²) < 4.78 is 6.28. The third-order valence-corrected chi connectivity index (χ3v) is 3.69. The van der Waals surface area contributed by atoms with Gasteiger partial charge in [0.2, 0.25) is 0 Å². The molecule has 92 valence electrons. The van der Waals surface area contributed by atoms with E-state index in [1.165, 1.54) is 0 Å². The first-order chi connectivity index (χ1) is 8.09. The summed E-state index contributed by atoms with van der Waals surface area (Å²) in [5.41, 5.74) is 1.87. The number of carbonyl (C=O) groups excluding carboxylic acids is 1. The van der Waals surface area contributed by atoms with E-state index in [4.69, 9.17) is 4.74 Å². The fraction of sp³-hybridized carbons (Fsp3) is 0.462. The minimum absolute atomic E-state index is 0.0819. The maximum atomic E-state index is 11.4. The van der Waals surface area contributed by atoms with E-state index in [1.807, 2.05) is 18.2 Å². The van der Waals surface area contributed by atoms with Crippen molar-refractivity contribution in [3.63, 3.8) is 0 Å². The lowest BCUT2D eigenvalue weighted by Gasteiger charge is -2.35. The van der Waals surface area contributed by atoms with Gasteiger partial charge in [-0.15, -0.1) is 0 Å². The quantitative estimate of drug-likeness (QED) is 0.786. The second kappa shape index (κ2) is 5.19. The Balaban J connectivity index is 2.27. The third kappa shape index (κ3) is 2.69. The van der Waals surface area contributed by atoms with Crippen molar-refractivity contribution in [2.24, 2.45) is 0 Å². The van der Waals surface area contributed by atoms with Gasteiger partial charge in [-0.25, -0.2) is 0 Å². The summed E-state index contributed by atoms with van der Waals surface area (Å²) in [6.45, 7) is 6.14. The Morgan fingerprint density at radius 3 is 2.88 bits per heavy atom. The first kappa shape index (κ1) is 12.6. The number of nitrogens with zero attached hydrogens (tertiary/aromatic N) is 1. The predicted octanol–water partition coefficient (Wildman–Crippen LogP) is 2.88. The highest BCUT2D eigenvalue weighted by molar-refractivity contribution is 9.10. The molecule has 1 saturated heterocycles. The summed E-state index contributed by atoms with van der Waals surface area (Å²) >= 11 is 3.46. The highest BCUT2D eigenvalue weighted by atomic mass is 79.9. The molecule has 1 aromatic carbocycles. The Kier molecular flexibility index (Phi) is 3.84. The zero-order valence-electron chi connectivity index (χ0n) is 10.1. The van der Waals surface area contributed by atoms with E-state index in [0.29, 0.717) is 6.04 Å². The zero-order valence-corrected chi connectivity index (χ0v) is 11.7. The van der Waals surface area contributed by atoms with Gasteiger partial charge in [0.1, 0.15) is 0 Å². The summed E-state index contributed by atoms with van der Waals surface area (Å²) in [6.07, 6.45) is 0. The first-order valence-electron chi connectivity index (χ1n) is 5.74. The number of anilines is 1. The van der Waals surface area contributed by atoms with Crippen LogP contribution in [0.25, 0.3) is 0 Å². The molecule has 1 aromatic rings. The minimum atomic E-state index is 0.0819. The topological polar surface area (TPSA) is 29.5 Å². The molecule has 0 N–H and O–H groups in total. The van der Waals surface area contributed by atoms with Crippen LogP contribution in [0.1, 0.15) is 24.2 Å². The van der Waals surface area contributed by atoms with Crippen LogP contribution in [0.2, 0.25) is 0 Å². The number of hydrogen-bond donors (Lipinski definition) is 0. The number of rotatable bonds is 2. The SMILES string of the molecule is CC(=O)c1ccc(N2CCOCC2C)cc1Br. The van der Waals surface area contributed by atoms with Gasteiger partial charge < -0.3 is 9.64 Å². The van der Waals surface area contributed by atoms with Crippen molar-refractivity contribution in [3.05, 3.63) is 28.2 Å². The van der Waals surface area contributed by atoms with E-state index >= 15 is 0 Å². The number of halogens is 1. The number of ether oxygens (including phenoxy) is 1. The van der Waals surface area contributed by atoms with Gasteiger partial charge in [0.15, 0.2) is 5.78 Å². The van der Waals surface area contributed by atoms with Gasteiger partial charge in [-0.2, -0.15) is 0 Å². The molecule has 0 aliphatic carbocycles. The first-order valence-corrected chi connectivity index (χ1v) is 6.54. The lowest BCUT2D eigenvalue weighted by atomic mass is 10.1. The lowest BCUT2D eigenvalue weighted by molar-refractivity contribution is 0.0988. The summed E-state index contributed by atoms with van der Waals surface area (Å²) in [6, 6.07) is 6.27. The van der Waals surface area contributed by atoms with Gasteiger partial charge in [-0.1, -0.05) is 0 Å². The van der Waals surface area contributed by atoms with Crippen LogP contribution in [0.3, 0.4) is 0 Å². The number of benzene rings is 1. The number of carbonyl (C=O) groups is 1. The molecule has 17 heavy (non-hydrogen) atoms. The Morgan fingerprint density at radius 2 is 2.29 bits per heavy atom. The average Bonchev–Trinajstić information content (AvgIpc) is 2.29. The Hall–Kier alpha value is -0.870. The summed E-state index contributed by atoms with van der Waals surface area (Å²) in [4.78, 5) is 13.7. The maximum Gasteiger partial charge on any atom is 0.160 e. The molecule has 0 aromatic heterocycles. The molecule has 0 amide bonds. The van der Waals surface area contributed by atoms with Gasteiger partial charge in [0, 0.05) is 28.3 Å². The molecule has 1 unspecified atom stereocenters. The van der Waals surface area contributed by atoms with E-state index in [2.05, 4.69) is 27.8 Å². The maximum absolute atomic E-state index is 11.4. The molecule has 0 bridgehead atoms. The molecular weight excluding hydrogens is 282 g/mol. The minimum Gasteiger partial charge on any atom is -0.377 e. The predicted molar refractivity (Wildman–Crippen MR) is 71.8 cm³/mol. The van der Waals surface area contributed by atoms with Gasteiger partial charge >= 0.3 is 0 Å². The molecule has 2 rings (SSSR count). The Bertz CT molecular complexity index is 433. The van der Waals surface area contributed by atoms with Crippen LogP contribution in [-0.4, -0.2) is 31.6 Å². The van der Waals surface area contributed by atoms with Crippen molar-refractivity contribution in [1.29, 1.82) is 0 Å². The van der Waals surface area contributed by atoms with Crippen LogP contribution in [0.4, 0.5) is 5.69 Å². The van der Waals surface area contributed by atoms with Crippen LogP contribution in [0.5, 0.6) is 0 Å². The summed E-state index contributed by atoms with van der Waals surface area (Å²) in [5.74, 6) is 0.0819. The number of morpholine rings is 1. The molecule has 0 spiro atoms. The van der Waals surface area contributed by atoms with Gasteiger partial charge in [0.25, 0.3) is 0 Å². The van der Waals surface area contributed by atoms with Crippen molar-refractivity contribution in [3.8, 4) is 0 Å². The van der Waals surface area contributed by atoms with E-state index in [0.717, 1.165) is 35.5 Å². The number of Topliss-reactive ketones (excluding diaryl/α,β-unsaturated/α-hetero) is 1. The lowest BCUT2D eigenvalue weighted by Crippen LogP contribution is -2.43. The summed E-state index contributed by atoms with van der Waals surface area (Å²) in [5, 5.41) is 0. The van der Waals surface area contributed by atoms with Crippen LogP contribution >= 0.6 is 15.9 Å². The highest BCUT2D eigenvalue weighted by Crippen LogP contribution is 2.26. The van der Waals surface area contributed by atoms with Gasteiger partial charge in [0.05, 0.1) is 13.2 Å². The van der Waals surface area contributed by atoms with Gasteiger partial charge in [-0.05, 0) is 48.0 Å². The normalized spacial score (nSPS) is 20.4. The molecule has 1 heterocycles. The highest BCUT2D eigenvalue weighted by Gasteiger charge is 2.19. The number of hydrogen-bond acceptors (Lipinski definition) is 3. The monoisotopic (exact) mass is 297 g/mol. The standard InChI is InChI=1S/C13H16BrNO2/c1-9-8-17-6-5-15(9)11-3-4-12(10(2)16)13(14)7-11/h3-4,7,9H,5-6,8H2,1-2H3. The van der Waals surface area contributed by atoms with Crippen molar-refractivity contribution in [2.75, 3.05) is 24.7 Å². The molecule has 0 saturated carbocycles. The Morgan fingerprint density at radius 1 is 1.53 bits per heavy atom. The van der Waals surface area contributed by atoms with E-state index in [1.54, 1.807) is 6.92 Å². The molecule has 1 aliphatic rings. The molecular formula is C13H16BrNO2. The van der Waals surface area contributed by atoms with E-state index in [9.17, 15) is 4.79 Å². The van der Waals surface area contributed by atoms with Crippen LogP contribution in [-0.2, 0) is 4.74 Å². The largest absolute Gasteiger partial charge is 0.377 e.